The average molecular weight is 402 g/mol. The molecule has 0 aliphatic carbocycles. The quantitative estimate of drug-likeness (QED) is 0.490. The van der Waals surface area contributed by atoms with E-state index in [2.05, 4.69) is 9.97 Å². The van der Waals surface area contributed by atoms with Gasteiger partial charge in [0.1, 0.15) is 5.82 Å². The molecule has 0 atom stereocenters. The summed E-state index contributed by atoms with van der Waals surface area (Å²) in [6.45, 7) is 0.127. The Morgan fingerprint density at radius 2 is 1.59 bits per heavy atom. The van der Waals surface area contributed by atoms with Gasteiger partial charge in [0.2, 0.25) is 0 Å². The van der Waals surface area contributed by atoms with Crippen LogP contribution in [-0.2, 0) is 6.42 Å². The minimum Gasteiger partial charge on any atom is -0.274 e. The molecule has 2 amide bonds. The van der Waals surface area contributed by atoms with Gasteiger partial charge in [-0.2, -0.15) is 0 Å². The number of thiazole rings is 1. The first-order chi connectivity index (χ1) is 14.1. The molecule has 8 heteroatoms. The molecule has 29 heavy (non-hydrogen) atoms. The molecule has 4 aromatic rings. The highest BCUT2D eigenvalue weighted by molar-refractivity contribution is 7.12. The summed E-state index contributed by atoms with van der Waals surface area (Å²) in [6, 6.07) is 13.9. The van der Waals surface area contributed by atoms with Crippen LogP contribution >= 0.6 is 11.3 Å². The fourth-order valence-corrected chi connectivity index (χ4v) is 4.18. The molecule has 5 rings (SSSR count). The van der Waals surface area contributed by atoms with Gasteiger partial charge in [-0.05, 0) is 24.3 Å². The largest absolute Gasteiger partial charge is 0.274 e. The summed E-state index contributed by atoms with van der Waals surface area (Å²) >= 11 is 1.33. The maximum atomic E-state index is 13.1. The molecule has 0 bridgehead atoms. The predicted molar refractivity (Wildman–Crippen MR) is 109 cm³/mol. The van der Waals surface area contributed by atoms with Crippen molar-refractivity contribution in [2.45, 2.75) is 6.42 Å². The van der Waals surface area contributed by atoms with Gasteiger partial charge < -0.3 is 0 Å². The number of carbonyl (C=O) groups excluding carboxylic acids is 2. The van der Waals surface area contributed by atoms with Crippen molar-refractivity contribution < 1.29 is 9.59 Å². The van der Waals surface area contributed by atoms with Gasteiger partial charge in [0.05, 0.1) is 22.0 Å². The number of hydrogen-bond donors (Lipinski definition) is 0. The Bertz CT molecular complexity index is 1290. The molecule has 0 N–H and O–H groups in total. The number of aromatic nitrogens is 3. The third-order valence-electron chi connectivity index (χ3n) is 4.89. The Morgan fingerprint density at radius 3 is 2.28 bits per heavy atom. The van der Waals surface area contributed by atoms with Crippen molar-refractivity contribution in [1.82, 2.24) is 19.4 Å². The lowest BCUT2D eigenvalue weighted by Gasteiger charge is -2.16. The van der Waals surface area contributed by atoms with Crippen molar-refractivity contribution in [3.8, 4) is 5.13 Å². The van der Waals surface area contributed by atoms with E-state index in [-0.39, 0.29) is 30.3 Å². The van der Waals surface area contributed by atoms with E-state index in [0.29, 0.717) is 33.0 Å². The van der Waals surface area contributed by atoms with Crippen LogP contribution in [0, 0.1) is 0 Å². The number of nitrogens with zero attached hydrogens (tertiary/aromatic N) is 4. The molecule has 0 radical (unpaired) electrons. The summed E-state index contributed by atoms with van der Waals surface area (Å²) in [5.74, 6) is -0.190. The molecule has 1 aliphatic heterocycles. The van der Waals surface area contributed by atoms with Crippen LogP contribution in [0.25, 0.3) is 16.0 Å². The van der Waals surface area contributed by atoms with E-state index in [1.54, 1.807) is 54.0 Å². The Hall–Kier alpha value is -3.65. The summed E-state index contributed by atoms with van der Waals surface area (Å²) in [5.41, 5.74) is 1.16. The highest BCUT2D eigenvalue weighted by atomic mass is 32.1. The first-order valence-corrected chi connectivity index (χ1v) is 9.89. The summed E-state index contributed by atoms with van der Waals surface area (Å²) in [7, 11) is 0. The molecule has 2 aromatic heterocycles. The molecule has 0 saturated carbocycles. The van der Waals surface area contributed by atoms with Crippen LogP contribution in [0.2, 0.25) is 0 Å². The number of fused-ring (bicyclic) bond motifs is 2. The van der Waals surface area contributed by atoms with Crippen molar-refractivity contribution in [1.29, 1.82) is 0 Å². The van der Waals surface area contributed by atoms with Crippen molar-refractivity contribution in [2.24, 2.45) is 0 Å². The summed E-state index contributed by atoms with van der Waals surface area (Å²) < 4.78 is 1.46. The second kappa shape index (κ2) is 6.75. The molecule has 142 valence electrons. The van der Waals surface area contributed by atoms with Gasteiger partial charge >= 0.3 is 0 Å². The molecular formula is C21H14N4O3S. The molecular weight excluding hydrogens is 388 g/mol. The topological polar surface area (TPSA) is 85.2 Å². The third-order valence-corrected chi connectivity index (χ3v) is 5.65. The highest BCUT2D eigenvalue weighted by Crippen LogP contribution is 2.23. The first-order valence-electron chi connectivity index (χ1n) is 9.01. The van der Waals surface area contributed by atoms with Crippen LogP contribution in [0.1, 0.15) is 26.5 Å². The lowest BCUT2D eigenvalue weighted by molar-refractivity contribution is 0.0655. The number of amides is 2. The van der Waals surface area contributed by atoms with Crippen LogP contribution in [0.15, 0.2) is 64.9 Å². The molecule has 7 nitrogen and oxygen atoms in total. The second-order valence-electron chi connectivity index (χ2n) is 6.56. The minimum absolute atomic E-state index is 0.127. The number of imide groups is 1. The van der Waals surface area contributed by atoms with Gasteiger partial charge in [0.25, 0.3) is 17.4 Å². The predicted octanol–water partition coefficient (Wildman–Crippen LogP) is 2.68. The molecule has 3 heterocycles. The van der Waals surface area contributed by atoms with E-state index in [4.69, 9.17) is 0 Å². The highest BCUT2D eigenvalue weighted by Gasteiger charge is 2.35. The normalized spacial score (nSPS) is 13.3. The van der Waals surface area contributed by atoms with Gasteiger partial charge in [-0.3, -0.25) is 19.3 Å². The zero-order valence-corrected chi connectivity index (χ0v) is 15.9. The van der Waals surface area contributed by atoms with Crippen molar-refractivity contribution in [2.75, 3.05) is 6.54 Å². The van der Waals surface area contributed by atoms with E-state index in [1.165, 1.54) is 20.8 Å². The number of carbonyl (C=O) groups is 2. The Kier molecular flexibility index (Phi) is 4.06. The van der Waals surface area contributed by atoms with Crippen LogP contribution in [0.4, 0.5) is 0 Å². The minimum atomic E-state index is -0.325. The zero-order chi connectivity index (χ0) is 20.0. The molecule has 2 aromatic carbocycles. The van der Waals surface area contributed by atoms with E-state index < -0.39 is 0 Å². The maximum Gasteiger partial charge on any atom is 0.267 e. The van der Waals surface area contributed by atoms with Gasteiger partial charge in [-0.1, -0.05) is 24.3 Å². The first kappa shape index (κ1) is 17.4. The molecule has 0 fully saturated rings. The van der Waals surface area contributed by atoms with Gasteiger partial charge in [-0.15, -0.1) is 11.3 Å². The van der Waals surface area contributed by atoms with Crippen LogP contribution < -0.4 is 5.56 Å². The lowest BCUT2D eigenvalue weighted by atomic mass is 10.1. The molecule has 0 unspecified atom stereocenters. The Labute approximate surface area is 168 Å². The smallest absolute Gasteiger partial charge is 0.267 e. The van der Waals surface area contributed by atoms with Crippen LogP contribution in [0.3, 0.4) is 0 Å². The van der Waals surface area contributed by atoms with E-state index in [9.17, 15) is 14.4 Å². The number of para-hydroxylation sites is 1. The van der Waals surface area contributed by atoms with Gasteiger partial charge in [0, 0.05) is 24.5 Å². The molecule has 0 saturated heterocycles. The number of hydrogen-bond acceptors (Lipinski definition) is 6. The van der Waals surface area contributed by atoms with Crippen LogP contribution in [-0.4, -0.2) is 37.8 Å². The summed E-state index contributed by atoms with van der Waals surface area (Å²) in [6.07, 6.45) is 1.86. The lowest BCUT2D eigenvalue weighted by Crippen LogP contribution is -2.33. The summed E-state index contributed by atoms with van der Waals surface area (Å²) in [5, 5.41) is 2.78. The molecule has 0 spiro atoms. The summed E-state index contributed by atoms with van der Waals surface area (Å²) in [4.78, 5) is 48.4. The fraction of sp³-hybridized carbons (Fsp3) is 0.0952. The van der Waals surface area contributed by atoms with E-state index in [0.717, 1.165) is 0 Å². The monoisotopic (exact) mass is 402 g/mol. The van der Waals surface area contributed by atoms with E-state index >= 15 is 0 Å². The second-order valence-corrected chi connectivity index (χ2v) is 7.43. The average Bonchev–Trinajstić information content (AvgIpc) is 3.35. The van der Waals surface area contributed by atoms with Crippen molar-refractivity contribution >= 4 is 34.1 Å². The van der Waals surface area contributed by atoms with Gasteiger partial charge in [0.15, 0.2) is 5.13 Å². The van der Waals surface area contributed by atoms with E-state index in [1.807, 2.05) is 6.07 Å². The Balaban J connectivity index is 1.55. The maximum absolute atomic E-state index is 13.1. The third kappa shape index (κ3) is 2.76. The number of rotatable bonds is 4. The standard InChI is InChI=1S/C21H14N4O3S/c26-18-13-5-1-2-6-14(13)19(27)24(18)11-9-17-23-16-8-4-3-7-15(16)20(28)25(17)21-22-10-12-29-21/h1-8,10,12H,9,11H2. The zero-order valence-electron chi connectivity index (χ0n) is 15.1. The SMILES string of the molecule is O=C1c2ccccc2C(=O)N1CCc1nc2ccccc2c(=O)n1-c1nccs1. The van der Waals surface area contributed by atoms with Crippen LogP contribution in [0.5, 0.6) is 0 Å². The molecule has 1 aliphatic rings. The van der Waals surface area contributed by atoms with Crippen molar-refractivity contribution in [3.63, 3.8) is 0 Å². The van der Waals surface area contributed by atoms with Gasteiger partial charge in [-0.25, -0.2) is 14.5 Å². The fourth-order valence-electron chi connectivity index (χ4n) is 3.52. The number of benzene rings is 2. The Morgan fingerprint density at radius 1 is 0.897 bits per heavy atom. The van der Waals surface area contributed by atoms with Crippen molar-refractivity contribution in [3.05, 3.63) is 87.4 Å².